The maximum Gasteiger partial charge on any atom is 0.323 e. The van der Waals surface area contributed by atoms with Gasteiger partial charge in [0.15, 0.2) is 11.6 Å². The molecular weight excluding hydrogens is 368 g/mol. The number of carbonyl (C=O) groups excluding carboxylic acids is 1. The number of methoxy groups -OCH3 is 1. The van der Waals surface area contributed by atoms with Crippen LogP contribution in [0.3, 0.4) is 0 Å². The van der Waals surface area contributed by atoms with Crippen LogP contribution in [0, 0.1) is 0 Å². The van der Waals surface area contributed by atoms with Gasteiger partial charge in [-0.3, -0.25) is 0 Å². The van der Waals surface area contributed by atoms with Gasteiger partial charge >= 0.3 is 6.03 Å². The third-order valence-electron chi connectivity index (χ3n) is 3.52. The number of benzene rings is 2. The maximum atomic E-state index is 12.2. The van der Waals surface area contributed by atoms with Crippen LogP contribution in [0.5, 0.6) is 17.2 Å². The van der Waals surface area contributed by atoms with Gasteiger partial charge < -0.3 is 25.8 Å². The van der Waals surface area contributed by atoms with E-state index in [4.69, 9.17) is 26.8 Å². The molecule has 8 heteroatoms. The number of carbonyl (C=O) groups is 1. The Balaban J connectivity index is 1.66. The third kappa shape index (κ3) is 5.02. The first kappa shape index (κ1) is 18.3. The lowest BCUT2D eigenvalue weighted by atomic mass is 10.3. The van der Waals surface area contributed by atoms with E-state index < -0.39 is 0 Å². The molecule has 0 aliphatic rings. The number of hydrogen-bond donors (Lipinski definition) is 3. The second-order valence-electron chi connectivity index (χ2n) is 5.47. The number of anilines is 3. The zero-order valence-corrected chi connectivity index (χ0v) is 15.2. The van der Waals surface area contributed by atoms with Crippen molar-refractivity contribution in [3.8, 4) is 17.2 Å². The van der Waals surface area contributed by atoms with Gasteiger partial charge in [-0.15, -0.1) is 0 Å². The van der Waals surface area contributed by atoms with Gasteiger partial charge in [-0.1, -0.05) is 17.7 Å². The Labute approximate surface area is 161 Å². The number of nitrogens with two attached hydrogens (primary N) is 1. The number of urea groups is 1. The number of hydrogen-bond acceptors (Lipinski definition) is 5. The summed E-state index contributed by atoms with van der Waals surface area (Å²) < 4.78 is 10.8. The van der Waals surface area contributed by atoms with Crippen LogP contribution < -0.4 is 25.8 Å². The van der Waals surface area contributed by atoms with Crippen LogP contribution in [0.1, 0.15) is 0 Å². The van der Waals surface area contributed by atoms with Crippen LogP contribution in [-0.2, 0) is 0 Å². The number of amides is 2. The van der Waals surface area contributed by atoms with Crippen molar-refractivity contribution in [2.24, 2.45) is 0 Å². The van der Waals surface area contributed by atoms with Crippen molar-refractivity contribution < 1.29 is 14.3 Å². The van der Waals surface area contributed by atoms with E-state index in [0.717, 1.165) is 0 Å². The highest BCUT2D eigenvalue weighted by molar-refractivity contribution is 6.30. The number of pyridine rings is 1. The minimum Gasteiger partial charge on any atom is -0.497 e. The molecule has 3 rings (SSSR count). The van der Waals surface area contributed by atoms with Gasteiger partial charge in [-0.25, -0.2) is 9.78 Å². The molecule has 0 saturated heterocycles. The van der Waals surface area contributed by atoms with Crippen LogP contribution in [0.4, 0.5) is 22.0 Å². The van der Waals surface area contributed by atoms with E-state index in [-0.39, 0.29) is 11.8 Å². The molecule has 0 atom stereocenters. The van der Waals surface area contributed by atoms with Crippen LogP contribution in [0.2, 0.25) is 5.02 Å². The fourth-order valence-corrected chi connectivity index (χ4v) is 2.39. The molecule has 4 N–H and O–H groups in total. The molecule has 0 saturated carbocycles. The van der Waals surface area contributed by atoms with Gasteiger partial charge in [0, 0.05) is 29.7 Å². The standard InChI is InChI=1S/C19H17ClN4O3/c1-26-15-7-5-13(6-8-15)23-19(25)24-14-3-2-4-16(10-14)27-17-9-12(20)11-22-18(17)21/h2-11H,1H3,(H2,21,22)(H2,23,24,25). The van der Waals surface area contributed by atoms with Crippen molar-refractivity contribution in [1.29, 1.82) is 0 Å². The van der Waals surface area contributed by atoms with Crippen LogP contribution in [0.25, 0.3) is 0 Å². The Morgan fingerprint density at radius 1 is 1.04 bits per heavy atom. The summed E-state index contributed by atoms with van der Waals surface area (Å²) in [5.74, 6) is 1.74. The minimum absolute atomic E-state index is 0.218. The first-order valence-electron chi connectivity index (χ1n) is 7.94. The van der Waals surface area contributed by atoms with Gasteiger partial charge in [0.25, 0.3) is 0 Å². The van der Waals surface area contributed by atoms with Gasteiger partial charge in [0.1, 0.15) is 11.5 Å². The molecular formula is C19H17ClN4O3. The average Bonchev–Trinajstić information content (AvgIpc) is 2.65. The number of nitrogens with zero attached hydrogens (tertiary/aromatic N) is 1. The average molecular weight is 385 g/mol. The van der Waals surface area contributed by atoms with Gasteiger partial charge in [0.05, 0.1) is 12.1 Å². The molecule has 0 fully saturated rings. The number of nitrogens with one attached hydrogen (secondary N) is 2. The summed E-state index contributed by atoms with van der Waals surface area (Å²) >= 11 is 5.91. The summed E-state index contributed by atoms with van der Waals surface area (Å²) in [7, 11) is 1.58. The molecule has 1 heterocycles. The molecule has 0 bridgehead atoms. The van der Waals surface area contributed by atoms with E-state index >= 15 is 0 Å². The van der Waals surface area contributed by atoms with Crippen LogP contribution in [0.15, 0.2) is 60.8 Å². The number of ether oxygens (including phenoxy) is 2. The van der Waals surface area contributed by atoms with E-state index in [1.54, 1.807) is 61.7 Å². The Kier molecular flexibility index (Phi) is 5.63. The Morgan fingerprint density at radius 3 is 2.52 bits per heavy atom. The molecule has 2 aromatic carbocycles. The van der Waals surface area contributed by atoms with E-state index in [0.29, 0.717) is 33.6 Å². The highest BCUT2D eigenvalue weighted by Crippen LogP contribution is 2.29. The zero-order chi connectivity index (χ0) is 19.2. The lowest BCUT2D eigenvalue weighted by Gasteiger charge is -2.11. The summed E-state index contributed by atoms with van der Waals surface area (Å²) in [5.41, 5.74) is 6.96. The van der Waals surface area contributed by atoms with E-state index in [1.165, 1.54) is 6.20 Å². The normalized spacial score (nSPS) is 10.1. The third-order valence-corrected chi connectivity index (χ3v) is 3.72. The predicted octanol–water partition coefficient (Wildman–Crippen LogP) is 4.76. The van der Waals surface area contributed by atoms with Crippen molar-refractivity contribution in [2.45, 2.75) is 0 Å². The molecule has 0 spiro atoms. The first-order chi connectivity index (χ1) is 13.0. The largest absolute Gasteiger partial charge is 0.497 e. The molecule has 0 aliphatic heterocycles. The van der Waals surface area contributed by atoms with Crippen molar-refractivity contribution in [3.05, 3.63) is 65.8 Å². The molecule has 27 heavy (non-hydrogen) atoms. The molecule has 1 aromatic heterocycles. The molecule has 3 aromatic rings. The minimum atomic E-state index is -0.388. The summed E-state index contributed by atoms with van der Waals surface area (Å²) in [6.07, 6.45) is 1.44. The fraction of sp³-hybridized carbons (Fsp3) is 0.0526. The Hall–Kier alpha value is -3.45. The number of aromatic nitrogens is 1. The summed E-state index contributed by atoms with van der Waals surface area (Å²) in [5, 5.41) is 5.88. The highest BCUT2D eigenvalue weighted by Gasteiger charge is 2.07. The number of halogens is 1. The first-order valence-corrected chi connectivity index (χ1v) is 8.32. The van der Waals surface area contributed by atoms with E-state index in [2.05, 4.69) is 15.6 Å². The Morgan fingerprint density at radius 2 is 1.78 bits per heavy atom. The van der Waals surface area contributed by atoms with E-state index in [1.807, 2.05) is 0 Å². The smallest absolute Gasteiger partial charge is 0.323 e. The van der Waals surface area contributed by atoms with Crippen LogP contribution >= 0.6 is 11.6 Å². The van der Waals surface area contributed by atoms with Gasteiger partial charge in [0.2, 0.25) is 0 Å². The Bertz CT molecular complexity index is 948. The lowest BCUT2D eigenvalue weighted by Crippen LogP contribution is -2.19. The predicted molar refractivity (Wildman–Crippen MR) is 106 cm³/mol. The van der Waals surface area contributed by atoms with Crippen molar-refractivity contribution >= 4 is 34.8 Å². The SMILES string of the molecule is COc1ccc(NC(=O)Nc2cccc(Oc3cc(Cl)cnc3N)c2)cc1. The fourth-order valence-electron chi connectivity index (χ4n) is 2.25. The van der Waals surface area contributed by atoms with Crippen LogP contribution in [-0.4, -0.2) is 18.1 Å². The highest BCUT2D eigenvalue weighted by atomic mass is 35.5. The quantitative estimate of drug-likeness (QED) is 0.589. The second kappa shape index (κ2) is 8.29. The topological polar surface area (TPSA) is 98.5 Å². The summed E-state index contributed by atoms with van der Waals surface area (Å²) in [6.45, 7) is 0. The second-order valence-corrected chi connectivity index (χ2v) is 5.91. The van der Waals surface area contributed by atoms with Gasteiger partial charge in [-0.05, 0) is 36.4 Å². The lowest BCUT2D eigenvalue weighted by molar-refractivity contribution is 0.262. The molecule has 138 valence electrons. The van der Waals surface area contributed by atoms with Crippen molar-refractivity contribution in [1.82, 2.24) is 4.98 Å². The van der Waals surface area contributed by atoms with Gasteiger partial charge in [-0.2, -0.15) is 0 Å². The van der Waals surface area contributed by atoms with E-state index in [9.17, 15) is 4.79 Å². The summed E-state index contributed by atoms with van der Waals surface area (Å²) in [6, 6.07) is 15.1. The number of nitrogen functional groups attached to an aromatic ring is 1. The molecule has 7 nitrogen and oxygen atoms in total. The molecule has 2 amide bonds. The molecule has 0 radical (unpaired) electrons. The molecule has 0 aliphatic carbocycles. The monoisotopic (exact) mass is 384 g/mol. The zero-order valence-electron chi connectivity index (χ0n) is 14.4. The van der Waals surface area contributed by atoms with Crippen molar-refractivity contribution in [2.75, 3.05) is 23.5 Å². The maximum absolute atomic E-state index is 12.2. The summed E-state index contributed by atoms with van der Waals surface area (Å²) in [4.78, 5) is 16.1. The van der Waals surface area contributed by atoms with Crippen molar-refractivity contribution in [3.63, 3.8) is 0 Å². The molecule has 0 unspecified atom stereocenters. The number of rotatable bonds is 5.